The van der Waals surface area contributed by atoms with Gasteiger partial charge in [0, 0.05) is 19.4 Å². The zero-order chi connectivity index (χ0) is 35.9. The molecule has 0 aliphatic carbocycles. The first kappa shape index (κ1) is 39.7. The first-order valence-electron chi connectivity index (χ1n) is 18.4. The molecule has 8 nitrogen and oxygen atoms in total. The lowest BCUT2D eigenvalue weighted by Gasteiger charge is -2.38. The van der Waals surface area contributed by atoms with Gasteiger partial charge < -0.3 is 23.7 Å². The summed E-state index contributed by atoms with van der Waals surface area (Å²) in [5, 5.41) is 0. The second-order valence-electron chi connectivity index (χ2n) is 15.8. The standard InChI is InChI=1S/C40H62O8S/c1-10-26(2)21-37-38(44-9)33(25-49(42,43)32-16-12-11-13-17-32)36(48-37)24-35-29(5)27(3)22-31(47-35)18-19-34-28(4)23-30(46-34)15-14-20-45-39(41)40(6,7)8/h11-13,16-17,26-27,30-31,33-38H,4-5,10,14-15,18-25H2,1-3,6-9H3/t26-,27-,30+,31+,33+,34+,35?,36+,37-,38-/m1/s1. The smallest absolute Gasteiger partial charge is 0.311 e. The van der Waals surface area contributed by atoms with Crippen molar-refractivity contribution in [1.82, 2.24) is 0 Å². The summed E-state index contributed by atoms with van der Waals surface area (Å²) in [4.78, 5) is 12.4. The van der Waals surface area contributed by atoms with Crippen LogP contribution in [0.4, 0.5) is 0 Å². The molecule has 0 saturated carbocycles. The average Bonchev–Trinajstić information content (AvgIpc) is 3.57. The highest BCUT2D eigenvalue weighted by Gasteiger charge is 2.48. The number of carbonyl (C=O) groups excluding carboxylic acids is 1. The van der Waals surface area contributed by atoms with Gasteiger partial charge in [-0.2, -0.15) is 0 Å². The van der Waals surface area contributed by atoms with Crippen molar-refractivity contribution in [3.8, 4) is 0 Å². The van der Waals surface area contributed by atoms with Crippen LogP contribution in [0.5, 0.6) is 0 Å². The fourth-order valence-electron chi connectivity index (χ4n) is 7.49. The van der Waals surface area contributed by atoms with Crippen molar-refractivity contribution in [3.63, 3.8) is 0 Å². The Morgan fingerprint density at radius 2 is 1.69 bits per heavy atom. The molecule has 1 unspecified atom stereocenters. The molecule has 0 radical (unpaired) electrons. The highest BCUT2D eigenvalue weighted by molar-refractivity contribution is 7.91. The van der Waals surface area contributed by atoms with Crippen molar-refractivity contribution in [3.05, 3.63) is 54.6 Å². The van der Waals surface area contributed by atoms with Crippen molar-refractivity contribution in [2.24, 2.45) is 23.2 Å². The molecular weight excluding hydrogens is 640 g/mol. The van der Waals surface area contributed by atoms with E-state index in [9.17, 15) is 13.2 Å². The van der Waals surface area contributed by atoms with E-state index in [0.717, 1.165) is 62.5 Å². The quantitative estimate of drug-likeness (QED) is 0.0975. The van der Waals surface area contributed by atoms with Crippen molar-refractivity contribution >= 4 is 15.8 Å². The summed E-state index contributed by atoms with van der Waals surface area (Å²) < 4.78 is 58.6. The number of sulfone groups is 1. The van der Waals surface area contributed by atoms with Gasteiger partial charge in [0.2, 0.25) is 0 Å². The lowest BCUT2D eigenvalue weighted by molar-refractivity contribution is -0.153. The van der Waals surface area contributed by atoms with Crippen molar-refractivity contribution in [2.75, 3.05) is 19.5 Å². The van der Waals surface area contributed by atoms with Gasteiger partial charge in [0.1, 0.15) is 0 Å². The van der Waals surface area contributed by atoms with E-state index in [4.69, 9.17) is 23.7 Å². The van der Waals surface area contributed by atoms with Crippen LogP contribution in [0.25, 0.3) is 0 Å². The molecule has 0 spiro atoms. The number of carbonyl (C=O) groups is 1. The van der Waals surface area contributed by atoms with Gasteiger partial charge >= 0.3 is 5.97 Å². The number of methoxy groups -OCH3 is 1. The van der Waals surface area contributed by atoms with Crippen LogP contribution < -0.4 is 0 Å². The van der Waals surface area contributed by atoms with Gasteiger partial charge in [-0.15, -0.1) is 0 Å². The molecule has 3 fully saturated rings. The molecule has 3 saturated heterocycles. The van der Waals surface area contributed by atoms with Crippen molar-refractivity contribution < 1.29 is 36.9 Å². The summed E-state index contributed by atoms with van der Waals surface area (Å²) >= 11 is 0. The molecule has 1 aromatic carbocycles. The highest BCUT2D eigenvalue weighted by Crippen LogP contribution is 2.41. The first-order chi connectivity index (χ1) is 23.1. The third-order valence-corrected chi connectivity index (χ3v) is 12.6. The zero-order valence-corrected chi connectivity index (χ0v) is 31.8. The van der Waals surface area contributed by atoms with E-state index in [1.54, 1.807) is 31.4 Å². The van der Waals surface area contributed by atoms with Gasteiger partial charge in [0.05, 0.1) is 65.4 Å². The predicted molar refractivity (Wildman–Crippen MR) is 193 cm³/mol. The Morgan fingerprint density at radius 3 is 2.35 bits per heavy atom. The minimum absolute atomic E-state index is 0.0147. The van der Waals surface area contributed by atoms with Gasteiger partial charge in [0.25, 0.3) is 0 Å². The average molecular weight is 703 g/mol. The number of ether oxygens (including phenoxy) is 5. The van der Waals surface area contributed by atoms with E-state index < -0.39 is 15.3 Å². The monoisotopic (exact) mass is 702 g/mol. The zero-order valence-electron chi connectivity index (χ0n) is 31.0. The number of benzene rings is 1. The lowest BCUT2D eigenvalue weighted by Crippen LogP contribution is -2.40. The van der Waals surface area contributed by atoms with Gasteiger partial charge in [0.15, 0.2) is 9.84 Å². The summed E-state index contributed by atoms with van der Waals surface area (Å²) in [6.45, 7) is 21.3. The van der Waals surface area contributed by atoms with E-state index in [-0.39, 0.29) is 66.3 Å². The van der Waals surface area contributed by atoms with Gasteiger partial charge in [-0.05, 0) is 101 Å². The van der Waals surface area contributed by atoms with E-state index >= 15 is 0 Å². The number of hydrogen-bond donors (Lipinski definition) is 0. The van der Waals surface area contributed by atoms with Crippen molar-refractivity contribution in [1.29, 1.82) is 0 Å². The van der Waals surface area contributed by atoms with Crippen LogP contribution in [0.2, 0.25) is 0 Å². The molecule has 0 N–H and O–H groups in total. The Bertz CT molecular complexity index is 1350. The Kier molecular flexibility index (Phi) is 14.2. The third-order valence-electron chi connectivity index (χ3n) is 10.8. The van der Waals surface area contributed by atoms with Crippen LogP contribution >= 0.6 is 0 Å². The van der Waals surface area contributed by atoms with Crippen LogP contribution in [-0.4, -0.2) is 76.6 Å². The molecule has 1 aromatic rings. The maximum Gasteiger partial charge on any atom is 0.311 e. The highest BCUT2D eigenvalue weighted by atomic mass is 32.2. The molecule has 9 heteroatoms. The van der Waals surface area contributed by atoms with Crippen molar-refractivity contribution in [2.45, 2.75) is 147 Å². The Labute approximate surface area is 296 Å². The van der Waals surface area contributed by atoms with E-state index in [1.807, 2.05) is 26.8 Å². The van der Waals surface area contributed by atoms with Gasteiger partial charge in [-0.3, -0.25) is 4.79 Å². The molecule has 3 aliphatic rings. The molecule has 49 heavy (non-hydrogen) atoms. The number of hydrogen-bond acceptors (Lipinski definition) is 8. The normalized spacial score (nSPS) is 31.6. The summed E-state index contributed by atoms with van der Waals surface area (Å²) in [5.41, 5.74) is 1.66. The van der Waals surface area contributed by atoms with E-state index in [2.05, 4.69) is 33.9 Å². The Hall–Kier alpha value is -2.04. The molecule has 3 aliphatic heterocycles. The van der Waals surface area contributed by atoms with Crippen LogP contribution in [0.3, 0.4) is 0 Å². The maximum atomic E-state index is 13.6. The Morgan fingerprint density at radius 1 is 1.00 bits per heavy atom. The minimum atomic E-state index is -3.57. The van der Waals surface area contributed by atoms with Gasteiger partial charge in [-0.25, -0.2) is 8.42 Å². The Balaban J connectivity index is 1.37. The second kappa shape index (κ2) is 17.5. The summed E-state index contributed by atoms with van der Waals surface area (Å²) in [7, 11) is -1.90. The molecule has 0 bridgehead atoms. The largest absolute Gasteiger partial charge is 0.465 e. The molecule has 0 aromatic heterocycles. The summed E-state index contributed by atoms with van der Waals surface area (Å²) in [6.07, 6.45) is 6.33. The number of rotatable bonds is 16. The molecule has 4 rings (SSSR count). The molecule has 0 amide bonds. The van der Waals surface area contributed by atoms with Crippen LogP contribution in [0, 0.1) is 23.2 Å². The second-order valence-corrected chi connectivity index (χ2v) is 17.9. The summed E-state index contributed by atoms with van der Waals surface area (Å²) in [6, 6.07) is 8.66. The lowest BCUT2D eigenvalue weighted by atomic mass is 9.83. The SMILES string of the molecule is C=C1C(C[C@@H]2O[C@H](C[C@H](C)CC)[C@H](OC)[C@H]2CS(=O)(=O)c2ccccc2)O[C@@H](CC[C@@H]2O[C@@H](CCCOC(=O)C(C)(C)C)CC2=C)C[C@H]1C. The van der Waals surface area contributed by atoms with Crippen LogP contribution in [0.1, 0.15) is 99.3 Å². The number of esters is 1. The van der Waals surface area contributed by atoms with E-state index in [1.165, 1.54) is 0 Å². The third kappa shape index (κ3) is 10.7. The molecular formula is C40H62O8S. The fourth-order valence-corrected chi connectivity index (χ4v) is 9.17. The maximum absolute atomic E-state index is 13.6. The van der Waals surface area contributed by atoms with E-state index in [0.29, 0.717) is 23.8 Å². The molecule has 10 atom stereocenters. The topological polar surface area (TPSA) is 97.4 Å². The predicted octanol–water partition coefficient (Wildman–Crippen LogP) is 7.90. The summed E-state index contributed by atoms with van der Waals surface area (Å²) in [5.74, 6) is 0.136. The molecule has 276 valence electrons. The minimum Gasteiger partial charge on any atom is -0.465 e. The van der Waals surface area contributed by atoms with Crippen LogP contribution in [0.15, 0.2) is 59.5 Å². The fraction of sp³-hybridized carbons (Fsp3) is 0.725. The molecule has 3 heterocycles. The van der Waals surface area contributed by atoms with Gasteiger partial charge in [-0.1, -0.05) is 58.5 Å². The van der Waals surface area contributed by atoms with Crippen LogP contribution in [-0.2, 0) is 38.3 Å². The first-order valence-corrected chi connectivity index (χ1v) is 20.1.